The molecule has 0 spiro atoms. The number of benzene rings is 1. The Morgan fingerprint density at radius 3 is 2.56 bits per heavy atom. The number of ether oxygens (including phenoxy) is 1. The van der Waals surface area contributed by atoms with Gasteiger partial charge in [-0.05, 0) is 51.5 Å². The van der Waals surface area contributed by atoms with Gasteiger partial charge in [0.15, 0.2) is 5.78 Å². The summed E-state index contributed by atoms with van der Waals surface area (Å²) in [5, 5.41) is 4.68. The van der Waals surface area contributed by atoms with E-state index in [1.165, 1.54) is 18.3 Å². The Labute approximate surface area is 192 Å². The Hall–Kier alpha value is -3.30. The van der Waals surface area contributed by atoms with E-state index in [-0.39, 0.29) is 23.0 Å². The molecule has 9 heteroatoms. The number of hydrogen-bond donors (Lipinski definition) is 2. The molecule has 164 valence electrons. The monoisotopic (exact) mass is 467 g/mol. The molecule has 4 aromatic rings. The van der Waals surface area contributed by atoms with Crippen molar-refractivity contribution in [2.75, 3.05) is 17.7 Å². The van der Waals surface area contributed by atoms with Crippen LogP contribution < -0.4 is 11.1 Å². The Morgan fingerprint density at radius 1 is 1.12 bits per heavy atom. The highest BCUT2D eigenvalue weighted by molar-refractivity contribution is 7.21. The third-order valence-corrected chi connectivity index (χ3v) is 7.47. The first-order chi connectivity index (χ1) is 15.2. The quantitative estimate of drug-likeness (QED) is 0.303. The highest BCUT2D eigenvalue weighted by atomic mass is 32.1. The molecule has 0 fully saturated rings. The molecule has 0 atom stereocenters. The number of rotatable bonds is 5. The molecule has 0 unspecified atom stereocenters. The van der Waals surface area contributed by atoms with Gasteiger partial charge in [0.2, 0.25) is 0 Å². The summed E-state index contributed by atoms with van der Waals surface area (Å²) in [7, 11) is 0. The summed E-state index contributed by atoms with van der Waals surface area (Å²) >= 11 is 2.24. The van der Waals surface area contributed by atoms with E-state index in [0.717, 1.165) is 27.8 Å². The van der Waals surface area contributed by atoms with Crippen molar-refractivity contribution in [1.29, 1.82) is 0 Å². The number of Topliss-reactive ketones (excluding diaryl/α,β-unsaturated/α-hetero) is 1. The van der Waals surface area contributed by atoms with Gasteiger partial charge in [-0.15, -0.1) is 22.7 Å². The zero-order valence-electron chi connectivity index (χ0n) is 18.0. The lowest BCUT2D eigenvalue weighted by atomic mass is 10.1. The van der Waals surface area contributed by atoms with E-state index in [1.54, 1.807) is 13.8 Å². The fraction of sp³-hybridized carbons (Fsp3) is 0.217. The number of aromatic nitrogens is 1. The van der Waals surface area contributed by atoms with E-state index in [0.29, 0.717) is 31.2 Å². The number of nitrogen functional groups attached to an aromatic ring is 1. The van der Waals surface area contributed by atoms with Crippen molar-refractivity contribution in [3.05, 3.63) is 50.7 Å². The van der Waals surface area contributed by atoms with Crippen LogP contribution in [0.1, 0.15) is 54.7 Å². The SMILES string of the molecule is CCOC(=O)c1c(NC(=O)c2sc3nc4ccc(C)cc4cc3c2N)sc(C(C)=O)c1C. The molecule has 3 heterocycles. The number of carbonyl (C=O) groups excluding carboxylic acids is 3. The number of aryl methyl sites for hydroxylation is 1. The predicted octanol–water partition coefficient (Wildman–Crippen LogP) is 5.34. The lowest BCUT2D eigenvalue weighted by Crippen LogP contribution is -2.15. The summed E-state index contributed by atoms with van der Waals surface area (Å²) in [6.45, 7) is 6.96. The van der Waals surface area contributed by atoms with E-state index in [9.17, 15) is 14.4 Å². The number of fused-ring (bicyclic) bond motifs is 2. The lowest BCUT2D eigenvalue weighted by Gasteiger charge is -2.06. The van der Waals surface area contributed by atoms with Gasteiger partial charge in [0.25, 0.3) is 5.91 Å². The number of carbonyl (C=O) groups is 3. The van der Waals surface area contributed by atoms with Crippen LogP contribution in [0.15, 0.2) is 24.3 Å². The summed E-state index contributed by atoms with van der Waals surface area (Å²) < 4.78 is 5.13. The largest absolute Gasteiger partial charge is 0.462 e. The maximum atomic E-state index is 13.1. The van der Waals surface area contributed by atoms with Crippen LogP contribution in [0.2, 0.25) is 0 Å². The van der Waals surface area contributed by atoms with Gasteiger partial charge < -0.3 is 15.8 Å². The standard InChI is InChI=1S/C23H21N3O4S2/c1-5-30-23(29)16-11(3)18(12(4)27)31-22(16)26-20(28)19-17(24)14-9-13-8-10(2)6-7-15(13)25-21(14)32-19/h6-9H,5,24H2,1-4H3,(H,26,28). The molecule has 4 rings (SSSR count). The predicted molar refractivity (Wildman–Crippen MR) is 129 cm³/mol. The fourth-order valence-corrected chi connectivity index (χ4v) is 5.60. The Bertz CT molecular complexity index is 1420. The number of nitrogens with two attached hydrogens (primary N) is 1. The zero-order chi connectivity index (χ0) is 23.2. The van der Waals surface area contributed by atoms with E-state index in [2.05, 4.69) is 10.3 Å². The zero-order valence-corrected chi connectivity index (χ0v) is 19.6. The van der Waals surface area contributed by atoms with Crippen molar-refractivity contribution >= 4 is 72.1 Å². The highest BCUT2D eigenvalue weighted by Crippen LogP contribution is 2.38. The molecule has 0 aliphatic carbocycles. The number of ketones is 1. The number of hydrogen-bond acceptors (Lipinski definition) is 8. The van der Waals surface area contributed by atoms with Gasteiger partial charge in [-0.25, -0.2) is 9.78 Å². The van der Waals surface area contributed by atoms with Gasteiger partial charge in [-0.1, -0.05) is 11.6 Å². The molecule has 0 saturated carbocycles. The third-order valence-electron chi connectivity index (χ3n) is 5.05. The van der Waals surface area contributed by atoms with Crippen molar-refractivity contribution in [3.8, 4) is 0 Å². The molecule has 1 aromatic carbocycles. The molecule has 3 aromatic heterocycles. The summed E-state index contributed by atoms with van der Waals surface area (Å²) in [5.41, 5.74) is 9.25. The average Bonchev–Trinajstić information content (AvgIpc) is 3.23. The number of nitrogens with zero attached hydrogens (tertiary/aromatic N) is 1. The third kappa shape index (κ3) is 3.74. The number of pyridine rings is 1. The molecule has 0 aliphatic heterocycles. The van der Waals surface area contributed by atoms with Crippen LogP contribution in [0.4, 0.5) is 10.7 Å². The molecule has 1 amide bonds. The van der Waals surface area contributed by atoms with Crippen LogP contribution >= 0.6 is 22.7 Å². The van der Waals surface area contributed by atoms with Gasteiger partial charge in [-0.3, -0.25) is 9.59 Å². The van der Waals surface area contributed by atoms with Crippen molar-refractivity contribution < 1.29 is 19.1 Å². The molecular formula is C23H21N3O4S2. The second-order valence-electron chi connectivity index (χ2n) is 7.37. The first-order valence-electron chi connectivity index (χ1n) is 9.93. The van der Waals surface area contributed by atoms with Gasteiger partial charge in [0.05, 0.1) is 28.3 Å². The second-order valence-corrected chi connectivity index (χ2v) is 9.39. The highest BCUT2D eigenvalue weighted by Gasteiger charge is 2.27. The van der Waals surface area contributed by atoms with Crippen LogP contribution in [-0.2, 0) is 4.74 Å². The van der Waals surface area contributed by atoms with Crippen LogP contribution in [-0.4, -0.2) is 29.3 Å². The number of nitrogens with one attached hydrogen (secondary N) is 1. The van der Waals surface area contributed by atoms with E-state index >= 15 is 0 Å². The normalized spacial score (nSPS) is 11.1. The first kappa shape index (κ1) is 21.9. The Balaban J connectivity index is 1.76. The van der Waals surface area contributed by atoms with Crippen molar-refractivity contribution in [1.82, 2.24) is 4.98 Å². The fourth-order valence-electron chi connectivity index (χ4n) is 3.54. The summed E-state index contributed by atoms with van der Waals surface area (Å²) in [4.78, 5) is 43.6. The number of anilines is 2. The van der Waals surface area contributed by atoms with Crippen LogP contribution in [0.3, 0.4) is 0 Å². The molecular weight excluding hydrogens is 446 g/mol. The Kier molecular flexibility index (Phi) is 5.70. The van der Waals surface area contributed by atoms with Crippen molar-refractivity contribution in [2.45, 2.75) is 27.7 Å². The minimum atomic E-state index is -0.586. The Morgan fingerprint density at radius 2 is 1.88 bits per heavy atom. The maximum Gasteiger partial charge on any atom is 0.341 e. The van der Waals surface area contributed by atoms with Gasteiger partial charge in [0.1, 0.15) is 14.7 Å². The van der Waals surface area contributed by atoms with E-state index < -0.39 is 11.9 Å². The molecule has 0 radical (unpaired) electrons. The average molecular weight is 468 g/mol. The molecule has 0 bridgehead atoms. The maximum absolute atomic E-state index is 13.1. The summed E-state index contributed by atoms with van der Waals surface area (Å²) in [6.07, 6.45) is 0. The summed E-state index contributed by atoms with van der Waals surface area (Å²) in [5.74, 6) is -1.24. The number of esters is 1. The lowest BCUT2D eigenvalue weighted by molar-refractivity contribution is 0.0527. The number of amides is 1. The summed E-state index contributed by atoms with van der Waals surface area (Å²) in [6, 6.07) is 7.86. The van der Waals surface area contributed by atoms with Gasteiger partial charge in [0, 0.05) is 10.8 Å². The smallest absolute Gasteiger partial charge is 0.341 e. The van der Waals surface area contributed by atoms with E-state index in [1.807, 2.05) is 31.2 Å². The topological polar surface area (TPSA) is 111 Å². The van der Waals surface area contributed by atoms with E-state index in [4.69, 9.17) is 10.5 Å². The molecule has 3 N–H and O–H groups in total. The van der Waals surface area contributed by atoms with Crippen molar-refractivity contribution in [3.63, 3.8) is 0 Å². The van der Waals surface area contributed by atoms with Gasteiger partial charge in [-0.2, -0.15) is 0 Å². The molecule has 0 aliphatic rings. The molecule has 32 heavy (non-hydrogen) atoms. The van der Waals surface area contributed by atoms with Gasteiger partial charge >= 0.3 is 5.97 Å². The second kappa shape index (κ2) is 8.33. The molecule has 0 saturated heterocycles. The van der Waals surface area contributed by atoms with Crippen molar-refractivity contribution in [2.24, 2.45) is 0 Å². The molecule has 7 nitrogen and oxygen atoms in total. The van der Waals surface area contributed by atoms with Crippen LogP contribution in [0, 0.1) is 13.8 Å². The minimum absolute atomic E-state index is 0.179. The van der Waals surface area contributed by atoms with Crippen LogP contribution in [0.5, 0.6) is 0 Å². The number of thiophene rings is 2. The van der Waals surface area contributed by atoms with Crippen LogP contribution in [0.25, 0.3) is 21.1 Å². The first-order valence-corrected chi connectivity index (χ1v) is 11.6. The minimum Gasteiger partial charge on any atom is -0.462 e.